The summed E-state index contributed by atoms with van der Waals surface area (Å²) in [7, 11) is 0. The predicted octanol–water partition coefficient (Wildman–Crippen LogP) is 3.40. The van der Waals surface area contributed by atoms with E-state index in [4.69, 9.17) is 0 Å². The lowest BCUT2D eigenvalue weighted by Crippen LogP contribution is -2.27. The summed E-state index contributed by atoms with van der Waals surface area (Å²) < 4.78 is 0. The maximum absolute atomic E-state index is 11.7. The van der Waals surface area contributed by atoms with Gasteiger partial charge in [-0.25, -0.2) is 0 Å². The Morgan fingerprint density at radius 3 is 2.12 bits per heavy atom. The van der Waals surface area contributed by atoms with Crippen LogP contribution in [-0.4, -0.2) is 5.91 Å². The molecule has 1 aliphatic carbocycles. The van der Waals surface area contributed by atoms with Crippen molar-refractivity contribution >= 4 is 5.91 Å². The van der Waals surface area contributed by atoms with Crippen LogP contribution >= 0.6 is 0 Å². The molecule has 92 valence electrons. The lowest BCUT2D eigenvalue weighted by molar-refractivity contribution is -0.122. The molecular formula is C15H21NO. The van der Waals surface area contributed by atoms with Gasteiger partial charge in [0.25, 0.3) is 0 Å². The van der Waals surface area contributed by atoms with Gasteiger partial charge in [0.2, 0.25) is 5.91 Å². The Balaban J connectivity index is 1.98. The quantitative estimate of drug-likeness (QED) is 0.845. The fourth-order valence-electron chi connectivity index (χ4n) is 1.93. The van der Waals surface area contributed by atoms with Gasteiger partial charge in [0.15, 0.2) is 0 Å². The second kappa shape index (κ2) is 4.91. The minimum atomic E-state index is 0.115. The molecule has 0 aliphatic heterocycles. The van der Waals surface area contributed by atoms with E-state index < -0.39 is 0 Å². The SMILES string of the molecule is CC(C)c1ccc(C(C)NC(=O)C2CC2)cc1. The Bertz CT molecular complexity index is 390. The first-order valence-corrected chi connectivity index (χ1v) is 6.48. The molecule has 2 nitrogen and oxygen atoms in total. The molecule has 0 spiro atoms. The number of hydrogen-bond acceptors (Lipinski definition) is 1. The average molecular weight is 231 g/mol. The van der Waals surface area contributed by atoms with Gasteiger partial charge in [-0.05, 0) is 36.8 Å². The van der Waals surface area contributed by atoms with Crippen LogP contribution in [0.25, 0.3) is 0 Å². The lowest BCUT2D eigenvalue weighted by atomic mass is 9.99. The van der Waals surface area contributed by atoms with E-state index >= 15 is 0 Å². The van der Waals surface area contributed by atoms with Crippen molar-refractivity contribution < 1.29 is 4.79 Å². The number of rotatable bonds is 4. The zero-order valence-corrected chi connectivity index (χ0v) is 10.9. The van der Waals surface area contributed by atoms with Gasteiger partial charge in [-0.15, -0.1) is 0 Å². The number of nitrogens with one attached hydrogen (secondary N) is 1. The van der Waals surface area contributed by atoms with Crippen LogP contribution in [0.4, 0.5) is 0 Å². The Hall–Kier alpha value is -1.31. The van der Waals surface area contributed by atoms with E-state index in [2.05, 4.69) is 43.4 Å². The van der Waals surface area contributed by atoms with E-state index in [1.165, 1.54) is 11.1 Å². The fourth-order valence-corrected chi connectivity index (χ4v) is 1.93. The second-order valence-electron chi connectivity index (χ2n) is 5.33. The highest BCUT2D eigenvalue weighted by atomic mass is 16.2. The van der Waals surface area contributed by atoms with Crippen LogP contribution in [0.2, 0.25) is 0 Å². The van der Waals surface area contributed by atoms with E-state index in [0.29, 0.717) is 5.92 Å². The van der Waals surface area contributed by atoms with Crippen molar-refractivity contribution in [2.75, 3.05) is 0 Å². The minimum absolute atomic E-state index is 0.115. The van der Waals surface area contributed by atoms with Crippen molar-refractivity contribution in [3.63, 3.8) is 0 Å². The van der Waals surface area contributed by atoms with Crippen molar-refractivity contribution in [3.8, 4) is 0 Å². The van der Waals surface area contributed by atoms with E-state index in [0.717, 1.165) is 12.8 Å². The molecule has 0 saturated heterocycles. The predicted molar refractivity (Wildman–Crippen MR) is 69.8 cm³/mol. The van der Waals surface area contributed by atoms with E-state index in [1.807, 2.05) is 6.92 Å². The highest BCUT2D eigenvalue weighted by Gasteiger charge is 2.30. The highest BCUT2D eigenvalue weighted by Crippen LogP contribution is 2.29. The van der Waals surface area contributed by atoms with Gasteiger partial charge < -0.3 is 5.32 Å². The van der Waals surface area contributed by atoms with Crippen molar-refractivity contribution in [3.05, 3.63) is 35.4 Å². The van der Waals surface area contributed by atoms with Gasteiger partial charge in [0, 0.05) is 5.92 Å². The molecule has 1 atom stereocenters. The summed E-state index contributed by atoms with van der Waals surface area (Å²) in [5.41, 5.74) is 2.53. The zero-order valence-electron chi connectivity index (χ0n) is 10.9. The average Bonchev–Trinajstić information content (AvgIpc) is 3.12. The number of hydrogen-bond donors (Lipinski definition) is 1. The van der Waals surface area contributed by atoms with Crippen LogP contribution < -0.4 is 5.32 Å². The van der Waals surface area contributed by atoms with E-state index in [9.17, 15) is 4.79 Å². The Morgan fingerprint density at radius 1 is 1.12 bits per heavy atom. The largest absolute Gasteiger partial charge is 0.349 e. The van der Waals surface area contributed by atoms with Crippen molar-refractivity contribution in [1.82, 2.24) is 5.32 Å². The molecular weight excluding hydrogens is 210 g/mol. The van der Waals surface area contributed by atoms with Gasteiger partial charge in [-0.2, -0.15) is 0 Å². The standard InChI is InChI=1S/C15H21NO/c1-10(2)12-4-6-13(7-5-12)11(3)16-15(17)14-8-9-14/h4-7,10-11,14H,8-9H2,1-3H3,(H,16,17). The summed E-state index contributed by atoms with van der Waals surface area (Å²) in [6.07, 6.45) is 2.12. The summed E-state index contributed by atoms with van der Waals surface area (Å²) in [5.74, 6) is 1.05. The summed E-state index contributed by atoms with van der Waals surface area (Å²) in [5, 5.41) is 3.07. The molecule has 17 heavy (non-hydrogen) atoms. The number of benzene rings is 1. The zero-order chi connectivity index (χ0) is 12.4. The molecule has 0 heterocycles. The van der Waals surface area contributed by atoms with Gasteiger partial charge in [-0.1, -0.05) is 38.1 Å². The highest BCUT2D eigenvalue weighted by molar-refractivity contribution is 5.81. The first-order chi connectivity index (χ1) is 8.08. The van der Waals surface area contributed by atoms with Gasteiger partial charge in [0.05, 0.1) is 6.04 Å². The van der Waals surface area contributed by atoms with Crippen LogP contribution in [0.15, 0.2) is 24.3 Å². The van der Waals surface area contributed by atoms with Gasteiger partial charge in [0.1, 0.15) is 0 Å². The van der Waals surface area contributed by atoms with Crippen LogP contribution in [0.5, 0.6) is 0 Å². The van der Waals surface area contributed by atoms with Crippen LogP contribution in [0, 0.1) is 5.92 Å². The molecule has 1 amide bonds. The van der Waals surface area contributed by atoms with E-state index in [1.54, 1.807) is 0 Å². The third-order valence-electron chi connectivity index (χ3n) is 3.41. The summed E-state index contributed by atoms with van der Waals surface area (Å²) in [4.78, 5) is 11.7. The third-order valence-corrected chi connectivity index (χ3v) is 3.41. The second-order valence-corrected chi connectivity index (χ2v) is 5.33. The van der Waals surface area contributed by atoms with Crippen LogP contribution in [0.3, 0.4) is 0 Å². The molecule has 0 radical (unpaired) electrons. The fraction of sp³-hybridized carbons (Fsp3) is 0.533. The first-order valence-electron chi connectivity index (χ1n) is 6.48. The van der Waals surface area contributed by atoms with Crippen LogP contribution in [0.1, 0.15) is 56.7 Å². The summed E-state index contributed by atoms with van der Waals surface area (Å²) >= 11 is 0. The van der Waals surface area contributed by atoms with Crippen LogP contribution in [-0.2, 0) is 4.79 Å². The van der Waals surface area contributed by atoms with Crippen molar-refractivity contribution in [2.45, 2.75) is 45.6 Å². The molecule has 2 rings (SSSR count). The summed E-state index contributed by atoms with van der Waals surface area (Å²) in [6.45, 7) is 6.42. The minimum Gasteiger partial charge on any atom is -0.349 e. The van der Waals surface area contributed by atoms with Crippen molar-refractivity contribution in [2.24, 2.45) is 5.92 Å². The van der Waals surface area contributed by atoms with Crippen molar-refractivity contribution in [1.29, 1.82) is 0 Å². The Labute approximate surface area is 103 Å². The molecule has 2 heteroatoms. The third kappa shape index (κ3) is 3.09. The molecule has 1 N–H and O–H groups in total. The molecule has 0 aromatic heterocycles. The molecule has 1 aliphatic rings. The molecule has 1 unspecified atom stereocenters. The maximum atomic E-state index is 11.7. The smallest absolute Gasteiger partial charge is 0.223 e. The Kier molecular flexibility index (Phi) is 3.51. The van der Waals surface area contributed by atoms with Gasteiger partial charge >= 0.3 is 0 Å². The number of carbonyl (C=O) groups excluding carboxylic acids is 1. The Morgan fingerprint density at radius 2 is 1.65 bits per heavy atom. The van der Waals surface area contributed by atoms with Gasteiger partial charge in [-0.3, -0.25) is 4.79 Å². The summed E-state index contributed by atoms with van der Waals surface area (Å²) in [6, 6.07) is 8.66. The molecule has 0 bridgehead atoms. The molecule has 1 saturated carbocycles. The normalized spacial score (nSPS) is 16.9. The first kappa shape index (κ1) is 12.2. The molecule has 1 aromatic rings. The topological polar surface area (TPSA) is 29.1 Å². The molecule has 1 fully saturated rings. The van der Waals surface area contributed by atoms with E-state index in [-0.39, 0.29) is 17.9 Å². The monoisotopic (exact) mass is 231 g/mol. The lowest BCUT2D eigenvalue weighted by Gasteiger charge is -2.15. The maximum Gasteiger partial charge on any atom is 0.223 e. The number of carbonyl (C=O) groups is 1. The molecule has 1 aromatic carbocycles. The number of amides is 1.